The molecule has 6 nitrogen and oxygen atoms in total. The third-order valence-corrected chi connectivity index (χ3v) is 4.83. The lowest BCUT2D eigenvalue weighted by Gasteiger charge is -2.33. The van der Waals surface area contributed by atoms with Crippen LogP contribution in [0.4, 0.5) is 0 Å². The fourth-order valence-electron chi connectivity index (χ4n) is 3.37. The largest absolute Gasteiger partial charge is 0.341 e. The van der Waals surface area contributed by atoms with Gasteiger partial charge in [-0.1, -0.05) is 6.92 Å². The van der Waals surface area contributed by atoms with Crippen LogP contribution in [0.2, 0.25) is 0 Å². The molecule has 1 saturated heterocycles. The SMILES string of the molecule is CCc1cn[nH]c1C1CCN(C(=O)[C@H](C)n2cc(C)cn2)CC1. The molecule has 1 amide bonds. The molecule has 1 aliphatic heterocycles. The predicted octanol–water partition coefficient (Wildman–Crippen LogP) is 2.44. The molecule has 1 fully saturated rings. The summed E-state index contributed by atoms with van der Waals surface area (Å²) in [5.74, 6) is 0.644. The summed E-state index contributed by atoms with van der Waals surface area (Å²) >= 11 is 0. The number of rotatable bonds is 4. The smallest absolute Gasteiger partial charge is 0.247 e. The number of aromatic amines is 1. The molecule has 0 spiro atoms. The van der Waals surface area contributed by atoms with Gasteiger partial charge in [0.25, 0.3) is 0 Å². The number of hydrogen-bond donors (Lipinski definition) is 1. The van der Waals surface area contributed by atoms with E-state index in [0.717, 1.165) is 37.9 Å². The van der Waals surface area contributed by atoms with Gasteiger partial charge in [0.05, 0.1) is 12.4 Å². The average Bonchev–Trinajstić information content (AvgIpc) is 3.22. The molecule has 2 aromatic heterocycles. The standard InChI is InChI=1S/C17H25N5O/c1-4-14-10-18-20-16(14)15-5-7-21(8-6-15)17(23)13(3)22-11-12(2)9-19-22/h9-11,13,15H,4-8H2,1-3H3,(H,18,20)/t13-/m0/s1. The van der Waals surface area contributed by atoms with Crippen molar-refractivity contribution in [1.29, 1.82) is 0 Å². The molecular weight excluding hydrogens is 290 g/mol. The quantitative estimate of drug-likeness (QED) is 0.942. The first-order chi connectivity index (χ1) is 11.1. The number of amides is 1. The minimum absolute atomic E-state index is 0.159. The monoisotopic (exact) mass is 315 g/mol. The third-order valence-electron chi connectivity index (χ3n) is 4.83. The minimum atomic E-state index is -0.237. The highest BCUT2D eigenvalue weighted by Gasteiger charge is 2.29. The molecule has 3 heterocycles. The number of piperidine rings is 1. The second kappa shape index (κ2) is 6.56. The van der Waals surface area contributed by atoms with Gasteiger partial charge >= 0.3 is 0 Å². The summed E-state index contributed by atoms with van der Waals surface area (Å²) in [7, 11) is 0. The molecule has 1 atom stereocenters. The van der Waals surface area contributed by atoms with Crippen LogP contribution < -0.4 is 0 Å². The molecule has 0 aliphatic carbocycles. The third kappa shape index (κ3) is 3.16. The van der Waals surface area contributed by atoms with E-state index in [2.05, 4.69) is 22.2 Å². The zero-order chi connectivity index (χ0) is 16.4. The Bertz CT molecular complexity index is 666. The summed E-state index contributed by atoms with van der Waals surface area (Å²) in [4.78, 5) is 14.6. The van der Waals surface area contributed by atoms with E-state index in [4.69, 9.17) is 0 Å². The van der Waals surface area contributed by atoms with Gasteiger partial charge in [-0.25, -0.2) is 0 Å². The molecule has 1 N–H and O–H groups in total. The molecule has 3 rings (SSSR count). The van der Waals surface area contributed by atoms with Gasteiger partial charge in [-0.05, 0) is 44.2 Å². The van der Waals surface area contributed by atoms with Crippen LogP contribution in [-0.2, 0) is 11.2 Å². The van der Waals surface area contributed by atoms with Crippen molar-refractivity contribution in [2.24, 2.45) is 0 Å². The van der Waals surface area contributed by atoms with Crippen molar-refractivity contribution in [3.8, 4) is 0 Å². The van der Waals surface area contributed by atoms with Gasteiger partial charge in [0.15, 0.2) is 0 Å². The van der Waals surface area contributed by atoms with Gasteiger partial charge in [-0.2, -0.15) is 10.2 Å². The Hall–Kier alpha value is -2.11. The maximum Gasteiger partial charge on any atom is 0.247 e. The van der Waals surface area contributed by atoms with Crippen LogP contribution in [0, 0.1) is 6.92 Å². The first-order valence-electron chi connectivity index (χ1n) is 8.41. The topological polar surface area (TPSA) is 66.8 Å². The lowest BCUT2D eigenvalue weighted by molar-refractivity contribution is -0.135. The van der Waals surface area contributed by atoms with Crippen molar-refractivity contribution in [2.45, 2.75) is 52.0 Å². The van der Waals surface area contributed by atoms with Crippen molar-refractivity contribution in [1.82, 2.24) is 24.9 Å². The molecular formula is C17H25N5O. The molecule has 0 saturated carbocycles. The molecule has 0 unspecified atom stereocenters. The first kappa shape index (κ1) is 15.8. The lowest BCUT2D eigenvalue weighted by Crippen LogP contribution is -2.41. The lowest BCUT2D eigenvalue weighted by atomic mass is 9.90. The summed E-state index contributed by atoms with van der Waals surface area (Å²) in [6.45, 7) is 7.67. The number of likely N-dealkylation sites (tertiary alicyclic amines) is 1. The highest BCUT2D eigenvalue weighted by atomic mass is 16.2. The highest BCUT2D eigenvalue weighted by molar-refractivity contribution is 5.80. The first-order valence-corrected chi connectivity index (χ1v) is 8.41. The zero-order valence-corrected chi connectivity index (χ0v) is 14.1. The van der Waals surface area contributed by atoms with E-state index in [1.54, 1.807) is 10.9 Å². The molecule has 6 heteroatoms. The molecule has 23 heavy (non-hydrogen) atoms. The van der Waals surface area contributed by atoms with E-state index in [9.17, 15) is 4.79 Å². The van der Waals surface area contributed by atoms with E-state index < -0.39 is 0 Å². The van der Waals surface area contributed by atoms with Crippen molar-refractivity contribution >= 4 is 5.91 Å². The van der Waals surface area contributed by atoms with E-state index in [1.165, 1.54) is 11.3 Å². The van der Waals surface area contributed by atoms with E-state index in [0.29, 0.717) is 5.92 Å². The van der Waals surface area contributed by atoms with Crippen LogP contribution >= 0.6 is 0 Å². The second-order valence-corrected chi connectivity index (χ2v) is 6.44. The van der Waals surface area contributed by atoms with E-state index in [1.807, 2.05) is 31.1 Å². The van der Waals surface area contributed by atoms with Crippen molar-refractivity contribution in [3.05, 3.63) is 35.4 Å². The van der Waals surface area contributed by atoms with Crippen LogP contribution in [0.5, 0.6) is 0 Å². The molecule has 0 radical (unpaired) electrons. The summed E-state index contributed by atoms with van der Waals surface area (Å²) in [5.41, 5.74) is 3.64. The van der Waals surface area contributed by atoms with Gasteiger partial charge in [0, 0.05) is 30.9 Å². The fourth-order valence-corrected chi connectivity index (χ4v) is 3.37. The molecule has 2 aromatic rings. The number of H-pyrrole nitrogens is 1. The Balaban J connectivity index is 1.61. The second-order valence-electron chi connectivity index (χ2n) is 6.44. The normalized spacial score (nSPS) is 17.4. The van der Waals surface area contributed by atoms with Crippen LogP contribution in [0.3, 0.4) is 0 Å². The van der Waals surface area contributed by atoms with Crippen molar-refractivity contribution < 1.29 is 4.79 Å². The number of hydrogen-bond acceptors (Lipinski definition) is 3. The summed E-state index contributed by atoms with van der Waals surface area (Å²) in [6.07, 6.45) is 8.63. The number of nitrogens with zero attached hydrogens (tertiary/aromatic N) is 4. The van der Waals surface area contributed by atoms with Gasteiger partial charge < -0.3 is 4.90 Å². The van der Waals surface area contributed by atoms with Crippen LogP contribution in [-0.4, -0.2) is 43.9 Å². The summed E-state index contributed by atoms with van der Waals surface area (Å²) < 4.78 is 1.76. The Morgan fingerprint density at radius 2 is 2.13 bits per heavy atom. The van der Waals surface area contributed by atoms with Crippen molar-refractivity contribution in [2.75, 3.05) is 13.1 Å². The Labute approximate surface area is 136 Å². The van der Waals surface area contributed by atoms with Crippen LogP contribution in [0.15, 0.2) is 18.6 Å². The molecule has 0 bridgehead atoms. The number of nitrogens with one attached hydrogen (secondary N) is 1. The Morgan fingerprint density at radius 1 is 1.39 bits per heavy atom. The maximum atomic E-state index is 12.7. The van der Waals surface area contributed by atoms with Crippen molar-refractivity contribution in [3.63, 3.8) is 0 Å². The van der Waals surface area contributed by atoms with Gasteiger partial charge in [-0.15, -0.1) is 0 Å². The highest BCUT2D eigenvalue weighted by Crippen LogP contribution is 2.29. The van der Waals surface area contributed by atoms with Gasteiger partial charge in [0.1, 0.15) is 6.04 Å². The number of aryl methyl sites for hydroxylation is 2. The predicted molar refractivity (Wildman–Crippen MR) is 88.2 cm³/mol. The average molecular weight is 315 g/mol. The minimum Gasteiger partial charge on any atom is -0.341 e. The number of carbonyl (C=O) groups is 1. The van der Waals surface area contributed by atoms with Crippen LogP contribution in [0.25, 0.3) is 0 Å². The molecule has 0 aromatic carbocycles. The summed E-state index contributed by atoms with van der Waals surface area (Å²) in [6, 6.07) is -0.237. The Morgan fingerprint density at radius 3 is 2.74 bits per heavy atom. The maximum absolute atomic E-state index is 12.7. The molecule has 1 aliphatic rings. The Kier molecular flexibility index (Phi) is 4.50. The van der Waals surface area contributed by atoms with E-state index >= 15 is 0 Å². The number of carbonyl (C=O) groups excluding carboxylic acids is 1. The summed E-state index contributed by atoms with van der Waals surface area (Å²) in [5, 5.41) is 11.6. The molecule has 124 valence electrons. The van der Waals surface area contributed by atoms with Gasteiger partial charge in [0.2, 0.25) is 5.91 Å². The van der Waals surface area contributed by atoms with Crippen LogP contribution in [0.1, 0.15) is 55.5 Å². The zero-order valence-electron chi connectivity index (χ0n) is 14.1. The van der Waals surface area contributed by atoms with Gasteiger partial charge in [-0.3, -0.25) is 14.6 Å². The number of aromatic nitrogens is 4. The van der Waals surface area contributed by atoms with E-state index in [-0.39, 0.29) is 11.9 Å². The fraction of sp³-hybridized carbons (Fsp3) is 0.588.